The van der Waals surface area contributed by atoms with Gasteiger partial charge in [-0.15, -0.1) is 0 Å². The van der Waals surface area contributed by atoms with Gasteiger partial charge < -0.3 is 5.11 Å². The zero-order valence-electron chi connectivity index (χ0n) is 14.8. The highest BCUT2D eigenvalue weighted by Gasteiger charge is 2.21. The fourth-order valence-electron chi connectivity index (χ4n) is 2.58. The maximum Gasteiger partial charge on any atom is 0.357 e. The first-order valence-electron chi connectivity index (χ1n) is 8.22. The summed E-state index contributed by atoms with van der Waals surface area (Å²) in [5.41, 5.74) is 0.804. The molecule has 6 nitrogen and oxygen atoms in total. The van der Waals surface area contributed by atoms with Gasteiger partial charge in [-0.3, -0.25) is 4.79 Å². The fourth-order valence-corrected chi connectivity index (χ4v) is 2.85. The molecule has 1 N–H and O–H groups in total. The van der Waals surface area contributed by atoms with Gasteiger partial charge in [-0.25, -0.2) is 4.79 Å². The number of hydrogen-bond acceptors (Lipinski definition) is 4. The second-order valence-corrected chi connectivity index (χ2v) is 6.91. The van der Waals surface area contributed by atoms with Crippen LogP contribution in [0.4, 0.5) is 0 Å². The molecule has 0 radical (unpaired) electrons. The molecule has 138 valence electrons. The number of carboxylic acid groups (broad SMARTS) is 1. The lowest BCUT2D eigenvalue weighted by Crippen LogP contribution is -2.28. The number of nitrogens with zero attached hydrogens (tertiary/aromatic N) is 3. The third kappa shape index (κ3) is 3.92. The molecule has 0 unspecified atom stereocenters. The Morgan fingerprint density at radius 2 is 1.79 bits per heavy atom. The molecular weight excluding hydrogens is 422 g/mol. The Labute approximate surface area is 169 Å². The van der Waals surface area contributed by atoms with E-state index in [1.54, 1.807) is 30.3 Å². The summed E-state index contributed by atoms with van der Waals surface area (Å²) in [5, 5.41) is 23.1. The summed E-state index contributed by atoms with van der Waals surface area (Å²) in [4.78, 5) is 24.5. The second-order valence-electron chi connectivity index (χ2n) is 5.99. The van der Waals surface area contributed by atoms with Crippen molar-refractivity contribution in [2.45, 2.75) is 6.92 Å². The van der Waals surface area contributed by atoms with Gasteiger partial charge in [0.05, 0.1) is 5.69 Å². The lowest BCUT2D eigenvalue weighted by atomic mass is 10.1. The summed E-state index contributed by atoms with van der Waals surface area (Å²) in [5.74, 6) is -1.33. The lowest BCUT2D eigenvalue weighted by Gasteiger charge is -2.10. The maximum atomic E-state index is 12.8. The molecule has 0 amide bonds. The van der Waals surface area contributed by atoms with Crippen LogP contribution in [0.5, 0.6) is 0 Å². The van der Waals surface area contributed by atoms with Crippen LogP contribution < -0.4 is 5.56 Å². The SMILES string of the molecule is Cc1ccc(-n2nc(C(=O)O)c(/C=C\c3ccc(Br)cc3)c(C#N)c2=O)cc1. The van der Waals surface area contributed by atoms with Crippen LogP contribution in [0.25, 0.3) is 17.8 Å². The molecule has 0 atom stereocenters. The quantitative estimate of drug-likeness (QED) is 0.666. The minimum atomic E-state index is -1.33. The topological polar surface area (TPSA) is 96.0 Å². The van der Waals surface area contributed by atoms with Crippen LogP contribution in [-0.2, 0) is 0 Å². The summed E-state index contributed by atoms with van der Waals surface area (Å²) in [7, 11) is 0. The van der Waals surface area contributed by atoms with E-state index in [4.69, 9.17) is 0 Å². The van der Waals surface area contributed by atoms with E-state index in [9.17, 15) is 20.0 Å². The predicted molar refractivity (Wildman–Crippen MR) is 109 cm³/mol. The molecule has 1 heterocycles. The number of carbonyl (C=O) groups is 1. The first-order valence-corrected chi connectivity index (χ1v) is 9.01. The van der Waals surface area contributed by atoms with Crippen LogP contribution >= 0.6 is 15.9 Å². The Hall–Kier alpha value is -3.50. The first-order chi connectivity index (χ1) is 13.4. The largest absolute Gasteiger partial charge is 0.476 e. The number of carboxylic acids is 1. The molecule has 2 aromatic carbocycles. The highest BCUT2D eigenvalue weighted by molar-refractivity contribution is 9.10. The summed E-state index contributed by atoms with van der Waals surface area (Å²) >= 11 is 3.34. The number of benzene rings is 2. The molecule has 28 heavy (non-hydrogen) atoms. The van der Waals surface area contributed by atoms with E-state index in [-0.39, 0.29) is 16.8 Å². The normalized spacial score (nSPS) is 10.8. The molecule has 1 aromatic heterocycles. The fraction of sp³-hybridized carbons (Fsp3) is 0.0476. The van der Waals surface area contributed by atoms with Gasteiger partial charge in [0.2, 0.25) is 0 Å². The molecule has 7 heteroatoms. The molecule has 0 spiro atoms. The average molecular weight is 436 g/mol. The highest BCUT2D eigenvalue weighted by atomic mass is 79.9. The van der Waals surface area contributed by atoms with Crippen LogP contribution in [-0.4, -0.2) is 20.9 Å². The Bertz CT molecular complexity index is 1170. The van der Waals surface area contributed by atoms with E-state index in [2.05, 4.69) is 21.0 Å². The Kier molecular flexibility index (Phi) is 5.52. The third-order valence-electron chi connectivity index (χ3n) is 4.04. The van der Waals surface area contributed by atoms with Crippen LogP contribution in [0.3, 0.4) is 0 Å². The standard InChI is InChI=1S/C21H14BrN3O3/c1-13-2-9-16(10-3-13)25-20(26)18(12-23)17(19(24-25)21(27)28)11-6-14-4-7-15(22)8-5-14/h2-11H,1H3,(H,27,28)/b11-6-. The number of aromatic carboxylic acids is 1. The van der Waals surface area contributed by atoms with Crippen molar-refractivity contribution in [3.63, 3.8) is 0 Å². The van der Waals surface area contributed by atoms with Gasteiger partial charge in [-0.05, 0) is 36.8 Å². The molecule has 0 bridgehead atoms. The monoisotopic (exact) mass is 435 g/mol. The highest BCUT2D eigenvalue weighted by Crippen LogP contribution is 2.17. The van der Waals surface area contributed by atoms with Crippen LogP contribution in [0, 0.1) is 18.3 Å². The van der Waals surface area contributed by atoms with Gasteiger partial charge in [-0.2, -0.15) is 15.0 Å². The van der Waals surface area contributed by atoms with E-state index >= 15 is 0 Å². The van der Waals surface area contributed by atoms with E-state index in [0.29, 0.717) is 5.69 Å². The van der Waals surface area contributed by atoms with Crippen molar-refractivity contribution in [2.24, 2.45) is 0 Å². The number of hydrogen-bond donors (Lipinski definition) is 1. The molecule has 0 saturated heterocycles. The number of rotatable bonds is 4. The number of aryl methyl sites for hydroxylation is 1. The van der Waals surface area contributed by atoms with Crippen LogP contribution in [0.2, 0.25) is 0 Å². The Morgan fingerprint density at radius 3 is 2.36 bits per heavy atom. The first kappa shape index (κ1) is 19.3. The van der Waals surface area contributed by atoms with Gasteiger partial charge in [0.15, 0.2) is 5.69 Å². The smallest absolute Gasteiger partial charge is 0.357 e. The molecule has 0 aliphatic rings. The van der Waals surface area contributed by atoms with Crippen molar-refractivity contribution in [3.05, 3.63) is 91.3 Å². The molecule has 0 aliphatic heterocycles. The van der Waals surface area contributed by atoms with Gasteiger partial charge in [0.1, 0.15) is 11.6 Å². The number of nitriles is 1. The van der Waals surface area contributed by atoms with E-state index in [0.717, 1.165) is 20.3 Å². The lowest BCUT2D eigenvalue weighted by molar-refractivity contribution is 0.0688. The zero-order chi connectivity index (χ0) is 20.3. The molecule has 0 saturated carbocycles. The number of aromatic nitrogens is 2. The predicted octanol–water partition coefficient (Wildman–Crippen LogP) is 4.04. The van der Waals surface area contributed by atoms with E-state index in [1.807, 2.05) is 37.3 Å². The third-order valence-corrected chi connectivity index (χ3v) is 4.56. The van der Waals surface area contributed by atoms with Gasteiger partial charge in [0, 0.05) is 10.0 Å². The zero-order valence-corrected chi connectivity index (χ0v) is 16.3. The van der Waals surface area contributed by atoms with Crippen molar-refractivity contribution in [3.8, 4) is 11.8 Å². The van der Waals surface area contributed by atoms with Crippen molar-refractivity contribution in [1.82, 2.24) is 9.78 Å². The van der Waals surface area contributed by atoms with Crippen molar-refractivity contribution in [2.75, 3.05) is 0 Å². The molecule has 0 fully saturated rings. The Morgan fingerprint density at radius 1 is 1.14 bits per heavy atom. The van der Waals surface area contributed by atoms with Crippen molar-refractivity contribution < 1.29 is 9.90 Å². The minimum Gasteiger partial charge on any atom is -0.476 e. The minimum absolute atomic E-state index is 0.0220. The van der Waals surface area contributed by atoms with E-state index < -0.39 is 11.5 Å². The summed E-state index contributed by atoms with van der Waals surface area (Å²) in [6.45, 7) is 1.89. The molecule has 3 aromatic rings. The molecular formula is C21H14BrN3O3. The van der Waals surface area contributed by atoms with Crippen LogP contribution in [0.1, 0.15) is 32.7 Å². The van der Waals surface area contributed by atoms with Gasteiger partial charge in [0.25, 0.3) is 5.56 Å². The molecule has 3 rings (SSSR count). The molecule has 0 aliphatic carbocycles. The van der Waals surface area contributed by atoms with E-state index in [1.165, 1.54) is 6.08 Å². The average Bonchev–Trinajstić information content (AvgIpc) is 2.68. The maximum absolute atomic E-state index is 12.8. The van der Waals surface area contributed by atoms with Crippen molar-refractivity contribution in [1.29, 1.82) is 5.26 Å². The Balaban J connectivity index is 2.20. The summed E-state index contributed by atoms with van der Waals surface area (Å²) in [6, 6.07) is 16.0. The van der Waals surface area contributed by atoms with Crippen LogP contribution in [0.15, 0.2) is 57.8 Å². The summed E-state index contributed by atoms with van der Waals surface area (Å²) in [6.07, 6.45) is 3.06. The van der Waals surface area contributed by atoms with Gasteiger partial charge >= 0.3 is 5.97 Å². The number of halogens is 1. The second kappa shape index (κ2) is 8.03. The van der Waals surface area contributed by atoms with Crippen molar-refractivity contribution >= 4 is 34.1 Å². The van der Waals surface area contributed by atoms with Gasteiger partial charge in [-0.1, -0.05) is 57.9 Å². The summed E-state index contributed by atoms with van der Waals surface area (Å²) < 4.78 is 1.84.